The van der Waals surface area contributed by atoms with Crippen LogP contribution in [0.3, 0.4) is 0 Å². The minimum absolute atomic E-state index is 0.355. The van der Waals surface area contributed by atoms with Crippen LogP contribution in [0, 0.1) is 0 Å². The third kappa shape index (κ3) is 4.25. The van der Waals surface area contributed by atoms with Crippen LogP contribution in [0.1, 0.15) is 27.2 Å². The van der Waals surface area contributed by atoms with Crippen molar-refractivity contribution in [3.05, 3.63) is 0 Å². The molecule has 5 heteroatoms. The smallest absolute Gasteiger partial charge is 0.347 e. The molecule has 0 aliphatic carbocycles. The molecule has 0 aromatic carbocycles. The van der Waals surface area contributed by atoms with E-state index in [0.717, 1.165) is 0 Å². The van der Waals surface area contributed by atoms with Crippen LogP contribution in [0.2, 0.25) is 0 Å². The van der Waals surface area contributed by atoms with Gasteiger partial charge in [-0.2, -0.15) is 0 Å². The first-order valence-electron chi connectivity index (χ1n) is 3.70. The largest absolute Gasteiger partial charge is 0.478 e. The third-order valence-electron chi connectivity index (χ3n) is 1.28. The van der Waals surface area contributed by atoms with E-state index in [9.17, 15) is 14.4 Å². The van der Waals surface area contributed by atoms with Crippen molar-refractivity contribution in [2.45, 2.75) is 32.8 Å². The number of rotatable bonds is 4. The molecule has 0 fully saturated rings. The van der Waals surface area contributed by atoms with E-state index in [0.29, 0.717) is 0 Å². The second-order valence-electron chi connectivity index (χ2n) is 3.17. The van der Waals surface area contributed by atoms with E-state index in [4.69, 9.17) is 5.11 Å². The van der Waals surface area contributed by atoms with Crippen molar-refractivity contribution in [3.8, 4) is 0 Å². The fourth-order valence-corrected chi connectivity index (χ4v) is 0.568. The normalized spacial score (nSPS) is 10.7. The number of ketones is 1. The Morgan fingerprint density at radius 1 is 1.31 bits per heavy atom. The standard InChI is InChI=1S/C8H12O5/c1-5(9)4-6(10)13-8(2,3)7(11)12/h4H2,1-3H3,(H,11,12). The van der Waals surface area contributed by atoms with Gasteiger partial charge in [0.25, 0.3) is 0 Å². The molecule has 0 saturated heterocycles. The van der Waals surface area contributed by atoms with Gasteiger partial charge in [-0.3, -0.25) is 9.59 Å². The highest BCUT2D eigenvalue weighted by atomic mass is 16.6. The second-order valence-corrected chi connectivity index (χ2v) is 3.17. The average Bonchev–Trinajstić information content (AvgIpc) is 1.82. The molecule has 0 saturated carbocycles. The lowest BCUT2D eigenvalue weighted by Crippen LogP contribution is -2.37. The van der Waals surface area contributed by atoms with Crippen molar-refractivity contribution in [1.29, 1.82) is 0 Å². The van der Waals surface area contributed by atoms with Crippen molar-refractivity contribution in [2.75, 3.05) is 0 Å². The van der Waals surface area contributed by atoms with Crippen molar-refractivity contribution in [2.24, 2.45) is 0 Å². The van der Waals surface area contributed by atoms with Gasteiger partial charge in [0, 0.05) is 0 Å². The molecular weight excluding hydrogens is 176 g/mol. The summed E-state index contributed by atoms with van der Waals surface area (Å²) in [7, 11) is 0. The van der Waals surface area contributed by atoms with Gasteiger partial charge in [0.05, 0.1) is 0 Å². The fourth-order valence-electron chi connectivity index (χ4n) is 0.568. The molecule has 0 atom stereocenters. The van der Waals surface area contributed by atoms with Crippen LogP contribution in [0.25, 0.3) is 0 Å². The van der Waals surface area contributed by atoms with Crippen LogP contribution in [-0.2, 0) is 19.1 Å². The lowest BCUT2D eigenvalue weighted by molar-refractivity contribution is -0.174. The highest BCUT2D eigenvalue weighted by Crippen LogP contribution is 2.10. The number of carboxylic acid groups (broad SMARTS) is 1. The number of esters is 1. The van der Waals surface area contributed by atoms with Crippen LogP contribution in [0.5, 0.6) is 0 Å². The number of hydrogen-bond acceptors (Lipinski definition) is 4. The molecule has 0 rings (SSSR count). The van der Waals surface area contributed by atoms with E-state index >= 15 is 0 Å². The number of carbonyl (C=O) groups excluding carboxylic acids is 2. The monoisotopic (exact) mass is 188 g/mol. The Balaban J connectivity index is 4.20. The first-order valence-corrected chi connectivity index (χ1v) is 3.70. The maximum absolute atomic E-state index is 10.9. The molecule has 5 nitrogen and oxygen atoms in total. The van der Waals surface area contributed by atoms with Crippen LogP contribution in [0.15, 0.2) is 0 Å². The molecule has 0 aromatic heterocycles. The first kappa shape index (κ1) is 11.6. The van der Waals surface area contributed by atoms with Crippen molar-refractivity contribution in [3.63, 3.8) is 0 Å². The predicted octanol–water partition coefficient (Wildman–Crippen LogP) is 0.372. The van der Waals surface area contributed by atoms with Crippen molar-refractivity contribution in [1.82, 2.24) is 0 Å². The lowest BCUT2D eigenvalue weighted by Gasteiger charge is -2.19. The fraction of sp³-hybridized carbons (Fsp3) is 0.625. The topological polar surface area (TPSA) is 80.7 Å². The van der Waals surface area contributed by atoms with Crippen LogP contribution < -0.4 is 0 Å². The minimum atomic E-state index is -1.58. The van der Waals surface area contributed by atoms with Gasteiger partial charge in [-0.05, 0) is 20.8 Å². The number of aliphatic carboxylic acids is 1. The van der Waals surface area contributed by atoms with Gasteiger partial charge >= 0.3 is 11.9 Å². The SMILES string of the molecule is CC(=O)CC(=O)OC(C)(C)C(=O)O. The average molecular weight is 188 g/mol. The Morgan fingerprint density at radius 2 is 1.77 bits per heavy atom. The Kier molecular flexibility index (Phi) is 3.59. The zero-order valence-corrected chi connectivity index (χ0v) is 7.79. The van der Waals surface area contributed by atoms with Crippen LogP contribution in [-0.4, -0.2) is 28.4 Å². The summed E-state index contributed by atoms with van der Waals surface area (Å²) in [4.78, 5) is 31.8. The van der Waals surface area contributed by atoms with E-state index in [-0.39, 0.29) is 5.78 Å². The summed E-state index contributed by atoms with van der Waals surface area (Å²) in [6.07, 6.45) is -0.392. The maximum Gasteiger partial charge on any atom is 0.347 e. The first-order chi connectivity index (χ1) is 5.75. The Morgan fingerprint density at radius 3 is 2.08 bits per heavy atom. The summed E-state index contributed by atoms with van der Waals surface area (Å²) in [5, 5.41) is 8.56. The third-order valence-corrected chi connectivity index (χ3v) is 1.28. The number of carbonyl (C=O) groups is 3. The van der Waals surface area contributed by atoms with Gasteiger partial charge < -0.3 is 9.84 Å². The Bertz CT molecular complexity index is 241. The van der Waals surface area contributed by atoms with E-state index in [1.54, 1.807) is 0 Å². The van der Waals surface area contributed by atoms with E-state index in [2.05, 4.69) is 4.74 Å². The molecule has 0 aromatic rings. The summed E-state index contributed by atoms with van der Waals surface area (Å²) in [5.74, 6) is -2.42. The predicted molar refractivity (Wildman–Crippen MR) is 43.1 cm³/mol. The summed E-state index contributed by atoms with van der Waals surface area (Å²) in [6.45, 7) is 3.72. The van der Waals surface area contributed by atoms with Crippen LogP contribution >= 0.6 is 0 Å². The number of ether oxygens (including phenoxy) is 1. The molecule has 0 aliphatic heterocycles. The van der Waals surface area contributed by atoms with E-state index in [1.807, 2.05) is 0 Å². The van der Waals surface area contributed by atoms with E-state index in [1.165, 1.54) is 20.8 Å². The molecule has 74 valence electrons. The highest BCUT2D eigenvalue weighted by Gasteiger charge is 2.31. The Labute approximate surface area is 75.7 Å². The number of hydrogen-bond donors (Lipinski definition) is 1. The molecule has 0 bridgehead atoms. The molecule has 0 unspecified atom stereocenters. The minimum Gasteiger partial charge on any atom is -0.478 e. The summed E-state index contributed by atoms with van der Waals surface area (Å²) in [6, 6.07) is 0. The maximum atomic E-state index is 10.9. The zero-order chi connectivity index (χ0) is 10.6. The molecule has 1 N–H and O–H groups in total. The van der Waals surface area contributed by atoms with Crippen molar-refractivity contribution >= 4 is 17.7 Å². The quantitative estimate of drug-likeness (QED) is 0.509. The van der Waals surface area contributed by atoms with Gasteiger partial charge in [-0.1, -0.05) is 0 Å². The number of Topliss-reactive ketones (excluding diaryl/α,β-unsaturated/α-hetero) is 1. The molecular formula is C8H12O5. The van der Waals surface area contributed by atoms with Crippen molar-refractivity contribution < 1.29 is 24.2 Å². The molecule has 13 heavy (non-hydrogen) atoms. The molecule has 0 radical (unpaired) electrons. The van der Waals surface area contributed by atoms with Gasteiger partial charge in [0.15, 0.2) is 0 Å². The van der Waals surface area contributed by atoms with Gasteiger partial charge in [-0.15, -0.1) is 0 Å². The highest BCUT2D eigenvalue weighted by molar-refractivity contribution is 5.95. The molecule has 0 amide bonds. The summed E-state index contributed by atoms with van der Waals surface area (Å²) in [5.41, 5.74) is -1.58. The zero-order valence-electron chi connectivity index (χ0n) is 7.79. The van der Waals surface area contributed by atoms with E-state index < -0.39 is 24.0 Å². The van der Waals surface area contributed by atoms with Gasteiger partial charge in [0.2, 0.25) is 5.60 Å². The molecule has 0 heterocycles. The van der Waals surface area contributed by atoms with Gasteiger partial charge in [0.1, 0.15) is 12.2 Å². The number of carboxylic acids is 1. The summed E-state index contributed by atoms with van der Waals surface area (Å²) >= 11 is 0. The summed E-state index contributed by atoms with van der Waals surface area (Å²) < 4.78 is 4.55. The molecule has 0 spiro atoms. The lowest BCUT2D eigenvalue weighted by atomic mass is 10.1. The molecule has 0 aliphatic rings. The Hall–Kier alpha value is -1.39. The van der Waals surface area contributed by atoms with Crippen LogP contribution in [0.4, 0.5) is 0 Å². The van der Waals surface area contributed by atoms with Gasteiger partial charge in [-0.25, -0.2) is 4.79 Å². The second kappa shape index (κ2) is 4.02.